The molecule has 0 aromatic heterocycles. The Morgan fingerprint density at radius 1 is 0.667 bits per heavy atom. The fraction of sp³-hybridized carbons (Fsp3) is 0.0769. The van der Waals surface area contributed by atoms with E-state index in [4.69, 9.17) is 0 Å². The van der Waals surface area contributed by atoms with Crippen molar-refractivity contribution >= 4 is 23.5 Å². The smallest absolute Gasteiger partial charge is 0.0487 e. The maximum Gasteiger partial charge on any atom is 0.0487 e. The van der Waals surface area contributed by atoms with Crippen LogP contribution in [-0.4, -0.2) is 5.08 Å². The van der Waals surface area contributed by atoms with Crippen molar-refractivity contribution in [3.05, 3.63) is 48.5 Å². The van der Waals surface area contributed by atoms with Gasteiger partial charge in [0.1, 0.15) is 0 Å². The summed E-state index contributed by atoms with van der Waals surface area (Å²) in [5.74, 6) is 0. The Morgan fingerprint density at radius 2 is 1.13 bits per heavy atom. The van der Waals surface area contributed by atoms with Crippen molar-refractivity contribution in [1.82, 2.24) is 0 Å². The zero-order chi connectivity index (χ0) is 10.1. The Balaban J connectivity index is 2.27. The summed E-state index contributed by atoms with van der Waals surface area (Å²) < 4.78 is 0. The molecule has 1 aliphatic heterocycles. The van der Waals surface area contributed by atoms with Gasteiger partial charge in [-0.05, 0) is 23.3 Å². The van der Waals surface area contributed by atoms with Crippen LogP contribution in [0.25, 0.3) is 11.1 Å². The predicted octanol–water partition coefficient (Wildman–Crippen LogP) is 4.51. The summed E-state index contributed by atoms with van der Waals surface area (Å²) in [6.07, 6.45) is 0. The molecule has 0 radical (unpaired) electrons. The minimum atomic E-state index is 1.11. The van der Waals surface area contributed by atoms with Gasteiger partial charge in [0.15, 0.2) is 0 Å². The van der Waals surface area contributed by atoms with Crippen molar-refractivity contribution in [2.24, 2.45) is 0 Å². The Labute approximate surface area is 98.1 Å². The van der Waals surface area contributed by atoms with Gasteiger partial charge in [-0.15, -0.1) is 23.5 Å². The topological polar surface area (TPSA) is 0 Å². The van der Waals surface area contributed by atoms with Crippen LogP contribution in [0.5, 0.6) is 0 Å². The lowest BCUT2D eigenvalue weighted by Gasteiger charge is -2.06. The lowest BCUT2D eigenvalue weighted by molar-refractivity contribution is 1.39. The first kappa shape index (κ1) is 9.37. The molecule has 0 atom stereocenters. The summed E-state index contributed by atoms with van der Waals surface area (Å²) in [6, 6.07) is 17.3. The normalized spacial score (nSPS) is 13.9. The maximum atomic E-state index is 2.22. The Morgan fingerprint density at radius 3 is 1.67 bits per heavy atom. The van der Waals surface area contributed by atoms with Crippen LogP contribution in [0.1, 0.15) is 0 Å². The van der Waals surface area contributed by atoms with Crippen LogP contribution in [0.3, 0.4) is 0 Å². The van der Waals surface area contributed by atoms with Crippen LogP contribution in [0.15, 0.2) is 58.3 Å². The van der Waals surface area contributed by atoms with E-state index in [0.29, 0.717) is 0 Å². The first-order valence-electron chi connectivity index (χ1n) is 4.89. The zero-order valence-corrected chi connectivity index (χ0v) is 9.78. The molecule has 0 amide bonds. The van der Waals surface area contributed by atoms with Gasteiger partial charge in [0, 0.05) is 14.9 Å². The molecular weight excluding hydrogens is 220 g/mol. The average Bonchev–Trinajstić information content (AvgIpc) is 2.48. The lowest BCUT2D eigenvalue weighted by Crippen LogP contribution is -1.81. The molecule has 0 saturated heterocycles. The Hall–Kier alpha value is -0.860. The number of rotatable bonds is 0. The van der Waals surface area contributed by atoms with Gasteiger partial charge < -0.3 is 0 Å². The van der Waals surface area contributed by atoms with E-state index >= 15 is 0 Å². The van der Waals surface area contributed by atoms with Crippen molar-refractivity contribution in [1.29, 1.82) is 0 Å². The molecule has 0 N–H and O–H groups in total. The third kappa shape index (κ3) is 1.68. The van der Waals surface area contributed by atoms with E-state index in [1.165, 1.54) is 20.9 Å². The largest absolute Gasteiger partial charge is 0.114 e. The molecule has 1 heterocycles. The van der Waals surface area contributed by atoms with Crippen LogP contribution >= 0.6 is 23.5 Å². The molecule has 0 bridgehead atoms. The van der Waals surface area contributed by atoms with Crippen molar-refractivity contribution in [3.8, 4) is 11.1 Å². The molecule has 0 spiro atoms. The molecule has 0 unspecified atom stereocenters. The quantitative estimate of drug-likeness (QED) is 0.653. The highest BCUT2D eigenvalue weighted by Crippen LogP contribution is 2.43. The van der Waals surface area contributed by atoms with Gasteiger partial charge >= 0.3 is 0 Å². The van der Waals surface area contributed by atoms with E-state index in [2.05, 4.69) is 48.5 Å². The molecule has 0 aliphatic carbocycles. The second-order valence-corrected chi connectivity index (χ2v) is 5.80. The molecule has 0 saturated carbocycles. The van der Waals surface area contributed by atoms with Crippen molar-refractivity contribution in [3.63, 3.8) is 0 Å². The fourth-order valence-corrected chi connectivity index (χ4v) is 4.05. The summed E-state index contributed by atoms with van der Waals surface area (Å²) in [4.78, 5) is 2.80. The molecule has 0 fully saturated rings. The zero-order valence-electron chi connectivity index (χ0n) is 8.14. The maximum absolute atomic E-state index is 2.22. The van der Waals surface area contributed by atoms with Gasteiger partial charge in [0.25, 0.3) is 0 Å². The molecular formula is C13H10S2. The third-order valence-electron chi connectivity index (χ3n) is 2.49. The first-order chi connectivity index (χ1) is 7.45. The second-order valence-electron chi connectivity index (χ2n) is 3.40. The number of fused-ring (bicyclic) bond motifs is 3. The van der Waals surface area contributed by atoms with E-state index in [1.54, 1.807) is 0 Å². The Bertz CT molecular complexity index is 446. The van der Waals surface area contributed by atoms with Gasteiger partial charge in [-0.1, -0.05) is 36.4 Å². The van der Waals surface area contributed by atoms with E-state index < -0.39 is 0 Å². The van der Waals surface area contributed by atoms with Gasteiger partial charge in [0.2, 0.25) is 0 Å². The third-order valence-corrected chi connectivity index (χ3v) is 4.77. The van der Waals surface area contributed by atoms with Crippen LogP contribution in [0.4, 0.5) is 0 Å². The standard InChI is InChI=1S/C13H10S2/c1-3-7-12-10(5-1)11-6-2-4-8-13(11)15-9-14-12/h1-8H,9H2. The Kier molecular flexibility index (Phi) is 2.47. The molecule has 1 aliphatic rings. The summed E-state index contributed by atoms with van der Waals surface area (Å²) in [7, 11) is 0. The lowest BCUT2D eigenvalue weighted by atomic mass is 10.1. The number of hydrogen-bond donors (Lipinski definition) is 0. The molecule has 2 aromatic carbocycles. The summed E-state index contributed by atoms with van der Waals surface area (Å²) in [5, 5.41) is 1.11. The fourth-order valence-electron chi connectivity index (χ4n) is 1.79. The van der Waals surface area contributed by atoms with Crippen LogP contribution in [0, 0.1) is 0 Å². The highest BCUT2D eigenvalue weighted by molar-refractivity contribution is 8.16. The van der Waals surface area contributed by atoms with E-state index in [-0.39, 0.29) is 0 Å². The summed E-state index contributed by atoms with van der Waals surface area (Å²) >= 11 is 3.86. The van der Waals surface area contributed by atoms with E-state index in [0.717, 1.165) is 5.08 Å². The van der Waals surface area contributed by atoms with Crippen LogP contribution in [0.2, 0.25) is 0 Å². The summed E-state index contributed by atoms with van der Waals surface area (Å²) in [6.45, 7) is 0. The first-order valence-corrected chi connectivity index (χ1v) is 6.86. The van der Waals surface area contributed by atoms with Gasteiger partial charge in [-0.2, -0.15) is 0 Å². The average molecular weight is 230 g/mol. The van der Waals surface area contributed by atoms with Gasteiger partial charge in [-0.3, -0.25) is 0 Å². The molecule has 74 valence electrons. The number of benzene rings is 2. The van der Waals surface area contributed by atoms with Gasteiger partial charge in [0.05, 0.1) is 0 Å². The van der Waals surface area contributed by atoms with Crippen LogP contribution in [-0.2, 0) is 0 Å². The van der Waals surface area contributed by atoms with Crippen molar-refractivity contribution in [2.45, 2.75) is 9.79 Å². The minimum Gasteiger partial charge on any atom is -0.114 e. The monoisotopic (exact) mass is 230 g/mol. The molecule has 0 nitrogen and oxygen atoms in total. The van der Waals surface area contributed by atoms with Crippen LogP contribution < -0.4 is 0 Å². The molecule has 2 aromatic rings. The minimum absolute atomic E-state index is 1.11. The predicted molar refractivity (Wildman–Crippen MR) is 68.5 cm³/mol. The van der Waals surface area contributed by atoms with Gasteiger partial charge in [-0.25, -0.2) is 0 Å². The molecule has 15 heavy (non-hydrogen) atoms. The molecule has 3 rings (SSSR count). The van der Waals surface area contributed by atoms with Crippen molar-refractivity contribution in [2.75, 3.05) is 5.08 Å². The molecule has 2 heteroatoms. The second kappa shape index (κ2) is 3.95. The SMILES string of the molecule is c1ccc2c(c1)SCSc1ccccc1-2. The highest BCUT2D eigenvalue weighted by Gasteiger charge is 2.13. The highest BCUT2D eigenvalue weighted by atomic mass is 32.2. The number of thioether (sulfide) groups is 2. The van der Waals surface area contributed by atoms with E-state index in [1.807, 2.05) is 23.5 Å². The van der Waals surface area contributed by atoms with Crippen molar-refractivity contribution < 1.29 is 0 Å². The summed E-state index contributed by atoms with van der Waals surface area (Å²) in [5.41, 5.74) is 2.76. The number of hydrogen-bond acceptors (Lipinski definition) is 2. The van der Waals surface area contributed by atoms with E-state index in [9.17, 15) is 0 Å².